The van der Waals surface area contributed by atoms with Crippen molar-refractivity contribution in [3.8, 4) is 0 Å². The molecule has 2 nitrogen and oxygen atoms in total. The summed E-state index contributed by atoms with van der Waals surface area (Å²) >= 11 is 0. The van der Waals surface area contributed by atoms with Crippen molar-refractivity contribution in [2.45, 2.75) is 97.3 Å². The molecule has 2 aromatic rings. The lowest BCUT2D eigenvalue weighted by Gasteiger charge is -2.42. The van der Waals surface area contributed by atoms with E-state index in [4.69, 9.17) is 4.74 Å². The molecular formula is C31H42O2. The van der Waals surface area contributed by atoms with Crippen molar-refractivity contribution >= 4 is 17.6 Å². The van der Waals surface area contributed by atoms with Gasteiger partial charge in [0, 0.05) is 0 Å². The molecule has 0 unspecified atom stereocenters. The molecule has 0 aliphatic heterocycles. The first-order chi connectivity index (χ1) is 15.6. The lowest BCUT2D eigenvalue weighted by Crippen LogP contribution is -2.34. The van der Waals surface area contributed by atoms with Crippen LogP contribution in [0.4, 0.5) is 0 Å². The number of rotatable bonds is 8. The van der Waals surface area contributed by atoms with E-state index in [2.05, 4.69) is 59.8 Å². The number of carbonyl (C=O) groups is 1. The summed E-state index contributed by atoms with van der Waals surface area (Å²) in [6, 6.07) is 12.7. The summed E-state index contributed by atoms with van der Waals surface area (Å²) in [6.45, 7) is 14.1. The summed E-state index contributed by atoms with van der Waals surface area (Å²) in [5, 5.41) is 0. The molecule has 178 valence electrons. The lowest BCUT2D eigenvalue weighted by molar-refractivity contribution is 0.0600. The first-order valence-electron chi connectivity index (χ1n) is 12.6. The average molecular weight is 447 g/mol. The highest BCUT2D eigenvalue weighted by molar-refractivity contribution is 5.90. The standard InChI is InChI=1S/C31H42O2/c1-8-9-10-11-12-25-20-27-28(31(5,6)18-17-30(27,3)4)21-26(25)22(2)19-23-13-15-24(16-14-23)29(32)33-7/h13-16,19-21H,8-12,17-18H2,1-7H3/b22-19+. The van der Waals surface area contributed by atoms with Crippen molar-refractivity contribution in [2.75, 3.05) is 7.11 Å². The molecule has 0 atom stereocenters. The van der Waals surface area contributed by atoms with Gasteiger partial charge in [-0.3, -0.25) is 0 Å². The summed E-state index contributed by atoms with van der Waals surface area (Å²) in [4.78, 5) is 11.8. The first kappa shape index (κ1) is 25.3. The Labute approximate surface area is 201 Å². The fraction of sp³-hybridized carbons (Fsp3) is 0.516. The molecule has 0 amide bonds. The Hall–Kier alpha value is -2.35. The second-order valence-electron chi connectivity index (χ2n) is 11.1. The molecule has 0 aromatic heterocycles. The number of aryl methyl sites for hydroxylation is 1. The molecule has 0 radical (unpaired) electrons. The second kappa shape index (κ2) is 10.3. The van der Waals surface area contributed by atoms with Crippen molar-refractivity contribution in [1.29, 1.82) is 0 Å². The SMILES string of the molecule is CCCCCCc1cc2c(cc1/C(C)=C/c1ccc(C(=O)OC)cc1)C(C)(C)CCC2(C)C. The zero-order valence-corrected chi connectivity index (χ0v) is 21.8. The zero-order chi connectivity index (χ0) is 24.2. The third kappa shape index (κ3) is 5.78. The van der Waals surface area contributed by atoms with Gasteiger partial charge in [0.1, 0.15) is 0 Å². The number of benzene rings is 2. The van der Waals surface area contributed by atoms with Gasteiger partial charge >= 0.3 is 5.97 Å². The van der Waals surface area contributed by atoms with Crippen LogP contribution in [-0.2, 0) is 22.0 Å². The number of methoxy groups -OCH3 is 1. The normalized spacial score (nSPS) is 16.9. The smallest absolute Gasteiger partial charge is 0.337 e. The van der Waals surface area contributed by atoms with E-state index in [1.54, 1.807) is 5.56 Å². The second-order valence-corrected chi connectivity index (χ2v) is 11.1. The summed E-state index contributed by atoms with van der Waals surface area (Å²) in [6.07, 6.45) is 10.9. The Morgan fingerprint density at radius 2 is 1.55 bits per heavy atom. The molecule has 3 rings (SSSR count). The number of carbonyl (C=O) groups excluding carboxylic acids is 1. The Kier molecular flexibility index (Phi) is 7.88. The van der Waals surface area contributed by atoms with E-state index < -0.39 is 0 Å². The topological polar surface area (TPSA) is 26.3 Å². The van der Waals surface area contributed by atoms with Gasteiger partial charge in [0.2, 0.25) is 0 Å². The molecule has 0 saturated carbocycles. The van der Waals surface area contributed by atoms with Gasteiger partial charge < -0.3 is 4.74 Å². The number of hydrogen-bond acceptors (Lipinski definition) is 2. The van der Waals surface area contributed by atoms with Gasteiger partial charge in [-0.2, -0.15) is 0 Å². The minimum Gasteiger partial charge on any atom is -0.465 e. The summed E-state index contributed by atoms with van der Waals surface area (Å²) in [5.41, 5.74) is 9.32. The molecule has 33 heavy (non-hydrogen) atoms. The molecule has 2 aromatic carbocycles. The maximum Gasteiger partial charge on any atom is 0.337 e. The Morgan fingerprint density at radius 3 is 2.12 bits per heavy atom. The van der Waals surface area contributed by atoms with Crippen LogP contribution in [0.25, 0.3) is 11.6 Å². The van der Waals surface area contributed by atoms with Gasteiger partial charge in [-0.25, -0.2) is 4.79 Å². The van der Waals surface area contributed by atoms with Crippen LogP contribution < -0.4 is 0 Å². The van der Waals surface area contributed by atoms with E-state index in [1.165, 1.54) is 67.9 Å². The van der Waals surface area contributed by atoms with Gasteiger partial charge in [-0.05, 0) is 89.0 Å². The highest BCUT2D eigenvalue weighted by Gasteiger charge is 2.37. The van der Waals surface area contributed by atoms with Crippen LogP contribution in [0.5, 0.6) is 0 Å². The monoisotopic (exact) mass is 446 g/mol. The lowest BCUT2D eigenvalue weighted by atomic mass is 9.62. The Bertz CT molecular complexity index is 1010. The van der Waals surface area contributed by atoms with Crippen LogP contribution in [0, 0.1) is 0 Å². The number of unbranched alkanes of at least 4 members (excludes halogenated alkanes) is 3. The minimum absolute atomic E-state index is 0.197. The Morgan fingerprint density at radius 1 is 0.939 bits per heavy atom. The number of allylic oxidation sites excluding steroid dienone is 1. The molecule has 0 bridgehead atoms. The van der Waals surface area contributed by atoms with Crippen LogP contribution in [0.3, 0.4) is 0 Å². The number of esters is 1. The van der Waals surface area contributed by atoms with Crippen LogP contribution in [0.15, 0.2) is 36.4 Å². The molecule has 0 heterocycles. The summed E-state index contributed by atoms with van der Waals surface area (Å²) in [7, 11) is 1.42. The fourth-order valence-electron chi connectivity index (χ4n) is 5.14. The predicted molar refractivity (Wildman–Crippen MR) is 141 cm³/mol. The van der Waals surface area contributed by atoms with E-state index in [0.717, 1.165) is 12.0 Å². The predicted octanol–water partition coefficient (Wildman–Crippen LogP) is 8.51. The molecule has 0 fully saturated rings. The van der Waals surface area contributed by atoms with E-state index in [-0.39, 0.29) is 16.8 Å². The first-order valence-corrected chi connectivity index (χ1v) is 12.6. The largest absolute Gasteiger partial charge is 0.465 e. The number of ether oxygens (including phenoxy) is 1. The van der Waals surface area contributed by atoms with Gasteiger partial charge in [0.25, 0.3) is 0 Å². The van der Waals surface area contributed by atoms with Crippen molar-refractivity contribution < 1.29 is 9.53 Å². The van der Waals surface area contributed by atoms with Crippen molar-refractivity contribution in [2.24, 2.45) is 0 Å². The highest BCUT2D eigenvalue weighted by Crippen LogP contribution is 2.47. The number of hydrogen-bond donors (Lipinski definition) is 0. The third-order valence-corrected chi connectivity index (χ3v) is 7.52. The molecule has 1 aliphatic carbocycles. The molecule has 2 heteroatoms. The zero-order valence-electron chi connectivity index (χ0n) is 21.8. The van der Waals surface area contributed by atoms with Crippen molar-refractivity contribution in [3.63, 3.8) is 0 Å². The summed E-state index contributed by atoms with van der Waals surface area (Å²) < 4.78 is 4.83. The average Bonchev–Trinajstić information content (AvgIpc) is 2.79. The van der Waals surface area contributed by atoms with Gasteiger partial charge in [0.05, 0.1) is 12.7 Å². The van der Waals surface area contributed by atoms with Crippen LogP contribution in [-0.4, -0.2) is 13.1 Å². The minimum atomic E-state index is -0.295. The maximum absolute atomic E-state index is 11.8. The van der Waals surface area contributed by atoms with E-state index >= 15 is 0 Å². The van der Waals surface area contributed by atoms with Gasteiger partial charge in [0.15, 0.2) is 0 Å². The van der Waals surface area contributed by atoms with Crippen LogP contribution in [0.2, 0.25) is 0 Å². The van der Waals surface area contributed by atoms with Crippen molar-refractivity contribution in [1.82, 2.24) is 0 Å². The van der Waals surface area contributed by atoms with Crippen LogP contribution >= 0.6 is 0 Å². The third-order valence-electron chi connectivity index (χ3n) is 7.52. The van der Waals surface area contributed by atoms with E-state index in [9.17, 15) is 4.79 Å². The Balaban J connectivity index is 2.04. The fourth-order valence-corrected chi connectivity index (χ4v) is 5.14. The molecule has 0 N–H and O–H groups in total. The van der Waals surface area contributed by atoms with Gasteiger partial charge in [-0.1, -0.05) is 84.2 Å². The van der Waals surface area contributed by atoms with Crippen LogP contribution in [0.1, 0.15) is 118 Å². The quantitative estimate of drug-likeness (QED) is 0.231. The number of fused-ring (bicyclic) bond motifs is 1. The molecule has 0 saturated heterocycles. The van der Waals surface area contributed by atoms with E-state index in [0.29, 0.717) is 5.56 Å². The van der Waals surface area contributed by atoms with Gasteiger partial charge in [-0.15, -0.1) is 0 Å². The molecule has 0 spiro atoms. The molecule has 1 aliphatic rings. The highest BCUT2D eigenvalue weighted by atomic mass is 16.5. The summed E-state index contributed by atoms with van der Waals surface area (Å²) in [5.74, 6) is -0.295. The maximum atomic E-state index is 11.8. The van der Waals surface area contributed by atoms with Crippen molar-refractivity contribution in [3.05, 3.63) is 69.8 Å². The van der Waals surface area contributed by atoms with E-state index in [1.807, 2.05) is 24.3 Å². The molecular weight excluding hydrogens is 404 g/mol.